The Morgan fingerprint density at radius 3 is 2.85 bits per heavy atom. The second-order valence-electron chi connectivity index (χ2n) is 7.87. The Hall–Kier alpha value is -2.21. The third-order valence-corrected chi connectivity index (χ3v) is 5.22. The lowest BCUT2D eigenvalue weighted by Gasteiger charge is -2.45. The molecule has 0 aliphatic carbocycles. The third-order valence-electron chi connectivity index (χ3n) is 5.22. The summed E-state index contributed by atoms with van der Waals surface area (Å²) in [5.41, 5.74) is 2.93. The highest BCUT2D eigenvalue weighted by molar-refractivity contribution is 5.77. The number of H-pyrrole nitrogens is 1. The van der Waals surface area contributed by atoms with Gasteiger partial charge in [0, 0.05) is 31.4 Å². The molecule has 0 radical (unpaired) electrons. The molecule has 1 aliphatic rings. The van der Waals surface area contributed by atoms with Crippen molar-refractivity contribution >= 4 is 5.91 Å². The van der Waals surface area contributed by atoms with E-state index in [1.165, 1.54) is 11.1 Å². The third kappa shape index (κ3) is 4.30. The van der Waals surface area contributed by atoms with Gasteiger partial charge in [-0.3, -0.25) is 4.79 Å². The summed E-state index contributed by atoms with van der Waals surface area (Å²) < 4.78 is 5.94. The van der Waals surface area contributed by atoms with E-state index >= 15 is 0 Å². The van der Waals surface area contributed by atoms with Crippen LogP contribution in [0.1, 0.15) is 49.9 Å². The molecule has 1 aromatic carbocycles. The molecule has 3 rings (SSSR count). The summed E-state index contributed by atoms with van der Waals surface area (Å²) in [5, 5.41) is 13.4. The van der Waals surface area contributed by atoms with Crippen LogP contribution in [-0.4, -0.2) is 40.1 Å². The molecule has 1 fully saturated rings. The van der Waals surface area contributed by atoms with E-state index in [1.54, 1.807) is 6.20 Å². The quantitative estimate of drug-likeness (QED) is 0.834. The number of nitrogens with zero attached hydrogens (tertiary/aromatic N) is 2. The minimum atomic E-state index is -0.235. The number of nitrogens with one attached hydrogen (secondary N) is 2. The molecule has 2 heterocycles. The monoisotopic (exact) mass is 356 g/mol. The predicted molar refractivity (Wildman–Crippen MR) is 99.8 cm³/mol. The summed E-state index contributed by atoms with van der Waals surface area (Å²) in [7, 11) is 0. The van der Waals surface area contributed by atoms with Gasteiger partial charge in [-0.15, -0.1) is 0 Å². The highest BCUT2D eigenvalue weighted by Gasteiger charge is 2.44. The Morgan fingerprint density at radius 2 is 2.15 bits per heavy atom. The highest BCUT2D eigenvalue weighted by Crippen LogP contribution is 2.45. The van der Waals surface area contributed by atoms with Crippen molar-refractivity contribution in [1.82, 2.24) is 20.7 Å². The van der Waals surface area contributed by atoms with Gasteiger partial charge in [0.25, 0.3) is 0 Å². The fraction of sp³-hybridized carbons (Fsp3) is 0.550. The second kappa shape index (κ2) is 7.58. The van der Waals surface area contributed by atoms with E-state index < -0.39 is 0 Å². The van der Waals surface area contributed by atoms with Crippen molar-refractivity contribution in [3.8, 4) is 0 Å². The molecule has 0 saturated carbocycles. The molecule has 1 aliphatic heterocycles. The molecule has 2 N–H and O–H groups in total. The van der Waals surface area contributed by atoms with Crippen LogP contribution >= 0.6 is 0 Å². The van der Waals surface area contributed by atoms with Gasteiger partial charge in [-0.1, -0.05) is 24.3 Å². The molecular formula is C20H28N4O2. The lowest BCUT2D eigenvalue weighted by molar-refractivity contribution is -0.126. The highest BCUT2D eigenvalue weighted by atomic mass is 16.5. The number of aryl methyl sites for hydroxylation is 1. The van der Waals surface area contributed by atoms with Crippen molar-refractivity contribution in [2.24, 2.45) is 0 Å². The zero-order valence-corrected chi connectivity index (χ0v) is 15.8. The molecule has 1 aromatic heterocycles. The van der Waals surface area contributed by atoms with E-state index in [9.17, 15) is 4.79 Å². The van der Waals surface area contributed by atoms with Gasteiger partial charge >= 0.3 is 0 Å². The van der Waals surface area contributed by atoms with Crippen LogP contribution < -0.4 is 5.32 Å². The topological polar surface area (TPSA) is 79.9 Å². The molecule has 0 bridgehead atoms. The maximum atomic E-state index is 12.7. The Bertz CT molecular complexity index is 742. The number of ether oxygens (including phenoxy) is 1. The number of carbonyl (C=O) groups excluding carboxylic acids is 1. The molecule has 26 heavy (non-hydrogen) atoms. The number of benzene rings is 1. The standard InChI is InChI=1S/C20H28N4O2/c1-15-6-4-5-7-17(15)20(9-11-26-19(2,3)14-20)12-18(25)21-10-8-16-13-22-24-23-16/h4-7,13H,8-12,14H2,1-3H3,(H,21,25)(H,22,23,24)/t20-/m1/s1. The zero-order chi connectivity index (χ0) is 18.6. The average molecular weight is 356 g/mol. The first-order valence-corrected chi connectivity index (χ1v) is 9.22. The summed E-state index contributed by atoms with van der Waals surface area (Å²) in [6.45, 7) is 7.59. The van der Waals surface area contributed by atoms with Gasteiger partial charge < -0.3 is 10.1 Å². The maximum absolute atomic E-state index is 12.7. The average Bonchev–Trinajstić information content (AvgIpc) is 3.07. The van der Waals surface area contributed by atoms with Crippen LogP contribution in [0.5, 0.6) is 0 Å². The smallest absolute Gasteiger partial charge is 0.220 e. The van der Waals surface area contributed by atoms with Crippen LogP contribution in [0.15, 0.2) is 30.5 Å². The Balaban J connectivity index is 1.73. The number of aromatic nitrogens is 3. The van der Waals surface area contributed by atoms with Crippen molar-refractivity contribution in [2.75, 3.05) is 13.2 Å². The van der Waals surface area contributed by atoms with Gasteiger partial charge in [0.2, 0.25) is 5.91 Å². The molecule has 1 amide bonds. The molecule has 6 nitrogen and oxygen atoms in total. The van der Waals surface area contributed by atoms with Crippen LogP contribution in [0.3, 0.4) is 0 Å². The van der Waals surface area contributed by atoms with Gasteiger partial charge in [0.15, 0.2) is 0 Å². The van der Waals surface area contributed by atoms with E-state index in [1.807, 2.05) is 0 Å². The van der Waals surface area contributed by atoms with Gasteiger partial charge in [0.1, 0.15) is 0 Å². The number of hydrogen-bond donors (Lipinski definition) is 2. The molecular weight excluding hydrogens is 328 g/mol. The summed E-state index contributed by atoms with van der Waals surface area (Å²) >= 11 is 0. The Kier molecular flexibility index (Phi) is 5.41. The van der Waals surface area contributed by atoms with E-state index in [4.69, 9.17) is 4.74 Å². The van der Waals surface area contributed by atoms with Crippen LogP contribution in [-0.2, 0) is 21.4 Å². The SMILES string of the molecule is Cc1ccccc1[C@@]1(CC(=O)NCCc2cn[nH]n2)CCOC(C)(C)C1. The first-order chi connectivity index (χ1) is 12.4. The maximum Gasteiger partial charge on any atom is 0.220 e. The second-order valence-corrected chi connectivity index (χ2v) is 7.87. The van der Waals surface area contributed by atoms with Crippen molar-refractivity contribution < 1.29 is 9.53 Å². The number of carbonyl (C=O) groups is 1. The summed E-state index contributed by atoms with van der Waals surface area (Å²) in [4.78, 5) is 12.7. The van der Waals surface area contributed by atoms with Crippen LogP contribution in [0, 0.1) is 6.92 Å². The molecule has 1 atom stereocenters. The van der Waals surface area contributed by atoms with Crippen LogP contribution in [0.2, 0.25) is 0 Å². The minimum absolute atomic E-state index is 0.0782. The first kappa shape index (κ1) is 18.6. The summed E-state index contributed by atoms with van der Waals surface area (Å²) in [6.07, 6.45) is 4.53. The fourth-order valence-electron chi connectivity index (χ4n) is 4.17. The molecule has 140 valence electrons. The Labute approximate surface area is 154 Å². The Morgan fingerprint density at radius 1 is 1.35 bits per heavy atom. The molecule has 6 heteroatoms. The van der Waals surface area contributed by atoms with Gasteiger partial charge in [0.05, 0.1) is 17.5 Å². The first-order valence-electron chi connectivity index (χ1n) is 9.22. The summed E-state index contributed by atoms with van der Waals surface area (Å²) in [6, 6.07) is 8.41. The van der Waals surface area contributed by atoms with Gasteiger partial charge in [-0.2, -0.15) is 15.4 Å². The number of amides is 1. The number of rotatable bonds is 6. The largest absolute Gasteiger partial charge is 0.376 e. The normalized spacial score (nSPS) is 22.1. The lowest BCUT2D eigenvalue weighted by Crippen LogP contribution is -2.47. The molecule has 2 aromatic rings. The minimum Gasteiger partial charge on any atom is -0.376 e. The van der Waals surface area contributed by atoms with Crippen LogP contribution in [0.25, 0.3) is 0 Å². The van der Waals surface area contributed by atoms with Gasteiger partial charge in [-0.05, 0) is 44.7 Å². The van der Waals surface area contributed by atoms with Crippen molar-refractivity contribution in [2.45, 2.75) is 57.5 Å². The van der Waals surface area contributed by atoms with Crippen LogP contribution in [0.4, 0.5) is 0 Å². The van der Waals surface area contributed by atoms with E-state index in [0.29, 0.717) is 26.0 Å². The zero-order valence-electron chi connectivity index (χ0n) is 15.8. The van der Waals surface area contributed by atoms with Crippen molar-refractivity contribution in [3.63, 3.8) is 0 Å². The van der Waals surface area contributed by atoms with E-state index in [2.05, 4.69) is 65.8 Å². The number of hydrogen-bond acceptors (Lipinski definition) is 4. The lowest BCUT2D eigenvalue weighted by atomic mass is 9.66. The van der Waals surface area contributed by atoms with Crippen molar-refractivity contribution in [1.29, 1.82) is 0 Å². The predicted octanol–water partition coefficient (Wildman–Crippen LogP) is 2.69. The number of aromatic amines is 1. The molecule has 0 unspecified atom stereocenters. The van der Waals surface area contributed by atoms with Gasteiger partial charge in [-0.25, -0.2) is 0 Å². The fourth-order valence-corrected chi connectivity index (χ4v) is 4.17. The summed E-state index contributed by atoms with van der Waals surface area (Å²) in [5.74, 6) is 0.0782. The van der Waals surface area contributed by atoms with Crippen molar-refractivity contribution in [3.05, 3.63) is 47.3 Å². The van der Waals surface area contributed by atoms with E-state index in [-0.39, 0.29) is 16.9 Å². The molecule has 1 saturated heterocycles. The van der Waals surface area contributed by atoms with E-state index in [0.717, 1.165) is 18.5 Å². The molecule has 0 spiro atoms.